The van der Waals surface area contributed by atoms with Crippen LogP contribution >= 0.6 is 15.6 Å². The minimum absolute atomic E-state index is 0.0320. The minimum atomic E-state index is -5.00. The molecule has 0 rings (SSSR count). The van der Waals surface area contributed by atoms with E-state index in [0.29, 0.717) is 32.1 Å². The van der Waals surface area contributed by atoms with Crippen LogP contribution in [0.5, 0.6) is 0 Å². The molecule has 0 saturated carbocycles. The zero-order valence-electron chi connectivity index (χ0n) is 63.5. The lowest BCUT2D eigenvalue weighted by Gasteiger charge is -2.21. The molecule has 0 saturated heterocycles. The molecule has 17 nitrogen and oxygen atoms in total. The zero-order valence-corrected chi connectivity index (χ0v) is 65.3. The van der Waals surface area contributed by atoms with Crippen molar-refractivity contribution in [1.82, 2.24) is 0 Å². The molecule has 0 aliphatic rings. The molecule has 5 unspecified atom stereocenters. The predicted octanol–water partition coefficient (Wildman–Crippen LogP) is 22.7. The highest BCUT2D eigenvalue weighted by molar-refractivity contribution is 7.47. The van der Waals surface area contributed by atoms with E-state index in [1.165, 1.54) is 38.5 Å². The Labute approximate surface area is 617 Å². The summed E-state index contributed by atoms with van der Waals surface area (Å²) in [6.07, 6.45) is 84.0. The number of esters is 4. The van der Waals surface area contributed by atoms with Gasteiger partial charge in [0, 0.05) is 25.7 Å². The summed E-state index contributed by atoms with van der Waals surface area (Å²) in [6.45, 7) is 4.48. The van der Waals surface area contributed by atoms with E-state index in [1.807, 2.05) is 0 Å². The molecule has 0 amide bonds. The van der Waals surface area contributed by atoms with Crippen LogP contribution in [0.2, 0.25) is 0 Å². The Hall–Kier alpha value is -5.06. The first-order valence-corrected chi connectivity index (χ1v) is 42.1. The maximum absolute atomic E-state index is 13.1. The molecule has 0 aliphatic carbocycles. The van der Waals surface area contributed by atoms with Crippen LogP contribution in [0, 0.1) is 0 Å². The lowest BCUT2D eigenvalue weighted by Crippen LogP contribution is -2.30. The molecule has 5 atom stereocenters. The first-order valence-electron chi connectivity index (χ1n) is 39.1. The number of ether oxygens (including phenoxy) is 4. The molecule has 582 valence electrons. The summed E-state index contributed by atoms with van der Waals surface area (Å²) in [5.41, 5.74) is 0. The third-order valence-electron chi connectivity index (χ3n) is 15.8. The average Bonchev–Trinajstić information content (AvgIpc) is 0.923. The summed E-state index contributed by atoms with van der Waals surface area (Å²) < 4.78 is 68.5. The number of phosphoric ester groups is 2. The summed E-state index contributed by atoms with van der Waals surface area (Å²) in [6, 6.07) is 0. The van der Waals surface area contributed by atoms with E-state index in [1.54, 1.807) is 0 Å². The van der Waals surface area contributed by atoms with Gasteiger partial charge in [-0.05, 0) is 167 Å². The number of allylic oxidation sites excluding steroid dienone is 24. The van der Waals surface area contributed by atoms with Crippen LogP contribution in [0.25, 0.3) is 0 Å². The fraction of sp³-hybridized carbons (Fsp3) is 0.663. The summed E-state index contributed by atoms with van der Waals surface area (Å²) in [5, 5.41) is 10.6. The Morgan fingerprint density at radius 3 is 0.804 bits per heavy atom. The second-order valence-electron chi connectivity index (χ2n) is 25.5. The van der Waals surface area contributed by atoms with Crippen molar-refractivity contribution >= 4 is 39.5 Å². The lowest BCUT2D eigenvalue weighted by atomic mass is 10.1. The second-order valence-corrected chi connectivity index (χ2v) is 28.4. The normalized spacial score (nSPS) is 14.7. The molecule has 0 radical (unpaired) electrons. The van der Waals surface area contributed by atoms with Gasteiger partial charge in [-0.1, -0.05) is 251 Å². The molecule has 0 aliphatic heterocycles. The summed E-state index contributed by atoms with van der Waals surface area (Å²) >= 11 is 0. The van der Waals surface area contributed by atoms with Crippen LogP contribution in [0.1, 0.15) is 297 Å². The third kappa shape index (κ3) is 73.3. The Kier molecular flexibility index (Phi) is 70.5. The van der Waals surface area contributed by atoms with Crippen molar-refractivity contribution in [3.05, 3.63) is 146 Å². The second kappa shape index (κ2) is 74.2. The van der Waals surface area contributed by atoms with Crippen molar-refractivity contribution in [2.45, 2.75) is 316 Å². The molecular formula is C83H138O17P2. The molecule has 0 bridgehead atoms. The van der Waals surface area contributed by atoms with E-state index in [-0.39, 0.29) is 25.7 Å². The number of unbranched alkanes of at least 4 members (excludes halogenated alkanes) is 22. The van der Waals surface area contributed by atoms with E-state index in [2.05, 4.69) is 174 Å². The monoisotopic (exact) mass is 1470 g/mol. The molecular weight excluding hydrogens is 1330 g/mol. The summed E-state index contributed by atoms with van der Waals surface area (Å²) in [4.78, 5) is 73.0. The van der Waals surface area contributed by atoms with Crippen LogP contribution in [-0.4, -0.2) is 96.7 Å². The number of aliphatic hydroxyl groups excluding tert-OH is 1. The van der Waals surface area contributed by atoms with Crippen molar-refractivity contribution in [1.29, 1.82) is 0 Å². The molecule has 0 aromatic heterocycles. The highest BCUT2D eigenvalue weighted by atomic mass is 31.2. The van der Waals surface area contributed by atoms with Gasteiger partial charge in [-0.3, -0.25) is 37.3 Å². The SMILES string of the molecule is CC/C=C\C/C=C\C/C=C\C/C=C\CCCCCCC(=O)OCC(COP(=O)(O)OCC(O)COP(=O)(O)OCC(COC(=O)CCCCCCC/C=C\C/C=C\CCCCC)OC(=O)CCCCCCC/C=C\C/C=C\CCCCC)OC(=O)CCCC/C=C\C/C=C\C/C=C\C/C=C\CC. The first kappa shape index (κ1) is 96.9. The van der Waals surface area contributed by atoms with Gasteiger partial charge in [-0.15, -0.1) is 0 Å². The Balaban J connectivity index is 5.45. The largest absolute Gasteiger partial charge is 0.472 e. The van der Waals surface area contributed by atoms with Gasteiger partial charge in [0.25, 0.3) is 0 Å². The third-order valence-corrected chi connectivity index (χ3v) is 17.7. The molecule has 0 fully saturated rings. The lowest BCUT2D eigenvalue weighted by molar-refractivity contribution is -0.161. The van der Waals surface area contributed by atoms with Crippen molar-refractivity contribution < 1.29 is 80.2 Å². The van der Waals surface area contributed by atoms with Gasteiger partial charge in [-0.25, -0.2) is 9.13 Å². The zero-order chi connectivity index (χ0) is 74.6. The molecule has 0 aromatic rings. The van der Waals surface area contributed by atoms with Crippen LogP contribution in [0.15, 0.2) is 146 Å². The number of carbonyl (C=O) groups is 4. The summed E-state index contributed by atoms with van der Waals surface area (Å²) in [7, 11) is -9.99. The number of hydrogen-bond donors (Lipinski definition) is 3. The van der Waals surface area contributed by atoms with Crippen LogP contribution in [0.3, 0.4) is 0 Å². The van der Waals surface area contributed by atoms with Crippen molar-refractivity contribution in [2.75, 3.05) is 39.6 Å². The van der Waals surface area contributed by atoms with Gasteiger partial charge >= 0.3 is 39.5 Å². The Bertz CT molecular complexity index is 2510. The average molecular weight is 1470 g/mol. The van der Waals surface area contributed by atoms with Crippen molar-refractivity contribution in [3.63, 3.8) is 0 Å². The van der Waals surface area contributed by atoms with E-state index >= 15 is 0 Å². The summed E-state index contributed by atoms with van der Waals surface area (Å²) in [5.74, 6) is -2.29. The van der Waals surface area contributed by atoms with Gasteiger partial charge < -0.3 is 33.8 Å². The van der Waals surface area contributed by atoms with Crippen LogP contribution < -0.4 is 0 Å². The first-order chi connectivity index (χ1) is 49.7. The number of rotatable bonds is 72. The van der Waals surface area contributed by atoms with Crippen molar-refractivity contribution in [3.8, 4) is 0 Å². The molecule has 3 N–H and O–H groups in total. The number of aliphatic hydroxyl groups is 1. The smallest absolute Gasteiger partial charge is 0.462 e. The van der Waals surface area contributed by atoms with Crippen LogP contribution in [0.4, 0.5) is 0 Å². The minimum Gasteiger partial charge on any atom is -0.462 e. The van der Waals surface area contributed by atoms with E-state index in [9.17, 15) is 43.2 Å². The van der Waals surface area contributed by atoms with Gasteiger partial charge in [-0.2, -0.15) is 0 Å². The highest BCUT2D eigenvalue weighted by Crippen LogP contribution is 2.45. The predicted molar refractivity (Wildman–Crippen MR) is 417 cm³/mol. The van der Waals surface area contributed by atoms with Gasteiger partial charge in [0.1, 0.15) is 19.3 Å². The highest BCUT2D eigenvalue weighted by Gasteiger charge is 2.30. The fourth-order valence-corrected chi connectivity index (χ4v) is 11.4. The van der Waals surface area contributed by atoms with Gasteiger partial charge in [0.2, 0.25) is 0 Å². The molecule has 102 heavy (non-hydrogen) atoms. The Morgan fingerprint density at radius 2 is 0.510 bits per heavy atom. The molecule has 19 heteroatoms. The van der Waals surface area contributed by atoms with Gasteiger partial charge in [0.05, 0.1) is 26.4 Å². The fourth-order valence-electron chi connectivity index (χ4n) is 9.85. The van der Waals surface area contributed by atoms with Crippen molar-refractivity contribution in [2.24, 2.45) is 0 Å². The quantitative estimate of drug-likeness (QED) is 0.0169. The van der Waals surface area contributed by atoms with Crippen LogP contribution in [-0.2, 0) is 65.4 Å². The maximum Gasteiger partial charge on any atom is 0.472 e. The van der Waals surface area contributed by atoms with E-state index in [0.717, 1.165) is 173 Å². The topological polar surface area (TPSA) is 237 Å². The number of carbonyl (C=O) groups excluding carboxylic acids is 4. The molecule has 0 aromatic carbocycles. The van der Waals surface area contributed by atoms with E-state index in [4.69, 9.17) is 37.0 Å². The van der Waals surface area contributed by atoms with E-state index < -0.39 is 97.5 Å². The molecule has 0 spiro atoms. The maximum atomic E-state index is 13.1. The number of phosphoric acid groups is 2. The molecule has 0 heterocycles. The van der Waals surface area contributed by atoms with Gasteiger partial charge in [0.15, 0.2) is 12.2 Å². The number of hydrogen-bond acceptors (Lipinski definition) is 15. The standard InChI is InChI=1S/C83H138O17P2/c1-5-9-13-17-21-25-29-33-37-38-42-44-48-52-56-60-64-68-81(86)94-74-79(100-83(88)70-66-62-58-54-50-46-41-36-32-28-24-20-16-12-8-4)76-98-102(91,92)96-72-77(84)71-95-101(89,90)97-75-78(99-82(87)69-65-61-57-53-49-45-40-35-31-27-23-19-15-11-7-3)73-93-80(85)67-63-59-55-51-47-43-39-34-30-26-22-18-14-10-6-2/h9,12-13,16,21-28,33-37,39-42,44,50,54,77-79,84H,5-8,10-11,14-15,17-20,29-32,38,43,45-49,51-53,55-76H2,1-4H3,(H,89,90)(H,91,92)/b13-9-,16-12-,25-21-,26-22-,27-23-,28-24-,37-33-,39-34-,40-35-,41-36-,44-42-,54-50-. The Morgan fingerprint density at radius 1 is 0.284 bits per heavy atom.